The third kappa shape index (κ3) is 3.04. The van der Waals surface area contributed by atoms with Gasteiger partial charge < -0.3 is 14.4 Å². The van der Waals surface area contributed by atoms with Crippen LogP contribution in [0.25, 0.3) is 0 Å². The van der Waals surface area contributed by atoms with Crippen LogP contribution in [0.1, 0.15) is 30.8 Å². The molecule has 1 aromatic heterocycles. The van der Waals surface area contributed by atoms with Crippen molar-refractivity contribution in [3.05, 3.63) is 23.7 Å². The third-order valence-corrected chi connectivity index (χ3v) is 7.27. The number of rotatable bonds is 3. The highest BCUT2D eigenvalue weighted by molar-refractivity contribution is 6.06. The van der Waals surface area contributed by atoms with Crippen molar-refractivity contribution >= 4 is 11.8 Å². The van der Waals surface area contributed by atoms with E-state index in [0.717, 1.165) is 31.7 Å². The van der Waals surface area contributed by atoms with Gasteiger partial charge in [0.25, 0.3) is 5.91 Å². The molecule has 5 heterocycles. The van der Waals surface area contributed by atoms with E-state index in [9.17, 15) is 14.7 Å². The van der Waals surface area contributed by atoms with Gasteiger partial charge in [0.15, 0.2) is 0 Å². The number of hydrogen-bond donors (Lipinski definition) is 1. The summed E-state index contributed by atoms with van der Waals surface area (Å²) in [6.07, 6.45) is 2.06. The standard InChI is InChI=1S/C21H30N4O4/c1-14-3-4-17(29-14)11-24-19(27)18-9-16(26)10-25(18)21(20(24)28)12-23(13-21)15-5-7-22(2)8-6-15/h3-4,15-16,18,26H,5-13H2,1-2H3. The fourth-order valence-electron chi connectivity index (χ4n) is 5.61. The summed E-state index contributed by atoms with van der Waals surface area (Å²) < 4.78 is 5.64. The van der Waals surface area contributed by atoms with E-state index in [1.54, 1.807) is 0 Å². The molecule has 2 atom stereocenters. The lowest BCUT2D eigenvalue weighted by Gasteiger charge is -2.60. The van der Waals surface area contributed by atoms with Crippen molar-refractivity contribution in [1.82, 2.24) is 19.6 Å². The number of aliphatic hydroxyl groups excluding tert-OH is 1. The molecule has 158 valence electrons. The second-order valence-electron chi connectivity index (χ2n) is 9.27. The molecule has 8 heteroatoms. The van der Waals surface area contributed by atoms with Gasteiger partial charge in [0.1, 0.15) is 17.1 Å². The Bertz CT molecular complexity index is 809. The van der Waals surface area contributed by atoms with Crippen LogP contribution in [-0.4, -0.2) is 100 Å². The largest absolute Gasteiger partial charge is 0.464 e. The minimum absolute atomic E-state index is 0.133. The number of piperazine rings is 1. The first-order valence-electron chi connectivity index (χ1n) is 10.7. The average Bonchev–Trinajstić information content (AvgIpc) is 3.25. The summed E-state index contributed by atoms with van der Waals surface area (Å²) in [6.45, 7) is 5.87. The Labute approximate surface area is 171 Å². The number of aryl methyl sites for hydroxylation is 1. The lowest BCUT2D eigenvalue weighted by Crippen LogP contribution is -2.82. The van der Waals surface area contributed by atoms with Gasteiger partial charge in [-0.1, -0.05) is 0 Å². The molecular formula is C21H30N4O4. The van der Waals surface area contributed by atoms with Crippen LogP contribution in [0, 0.1) is 6.92 Å². The highest BCUT2D eigenvalue weighted by Crippen LogP contribution is 2.42. The molecule has 0 bridgehead atoms. The van der Waals surface area contributed by atoms with Gasteiger partial charge in [-0.3, -0.25) is 24.3 Å². The normalized spacial score (nSPS) is 31.5. The summed E-state index contributed by atoms with van der Waals surface area (Å²) in [6, 6.07) is 3.75. The minimum atomic E-state index is -0.693. The van der Waals surface area contributed by atoms with Gasteiger partial charge in [-0.2, -0.15) is 0 Å². The van der Waals surface area contributed by atoms with Crippen molar-refractivity contribution in [3.63, 3.8) is 0 Å². The van der Waals surface area contributed by atoms with E-state index < -0.39 is 17.7 Å². The van der Waals surface area contributed by atoms with Crippen LogP contribution in [0.2, 0.25) is 0 Å². The van der Waals surface area contributed by atoms with Crippen LogP contribution in [0.15, 0.2) is 16.5 Å². The van der Waals surface area contributed by atoms with Crippen LogP contribution in [0.4, 0.5) is 0 Å². The first kappa shape index (κ1) is 19.2. The molecule has 4 aliphatic heterocycles. The molecule has 1 spiro atoms. The number of furan rings is 1. The molecule has 4 aliphatic rings. The smallest absolute Gasteiger partial charge is 0.252 e. The highest BCUT2D eigenvalue weighted by atomic mass is 16.3. The van der Waals surface area contributed by atoms with E-state index in [1.807, 2.05) is 24.0 Å². The number of carbonyl (C=O) groups excluding carboxylic acids is 2. The van der Waals surface area contributed by atoms with E-state index in [0.29, 0.717) is 37.9 Å². The number of β-amino-alcohol motifs (C(OH)–C–C–N with tert-alkyl or cyclic N) is 1. The summed E-state index contributed by atoms with van der Waals surface area (Å²) in [4.78, 5) is 34.8. The van der Waals surface area contributed by atoms with Crippen LogP contribution in [0.3, 0.4) is 0 Å². The maximum absolute atomic E-state index is 13.6. The molecule has 4 fully saturated rings. The molecule has 4 saturated heterocycles. The number of imide groups is 1. The lowest BCUT2D eigenvalue weighted by atomic mass is 9.80. The molecule has 0 saturated carbocycles. The average molecular weight is 402 g/mol. The van der Waals surface area contributed by atoms with Crippen molar-refractivity contribution in [3.8, 4) is 0 Å². The molecular weight excluding hydrogens is 372 g/mol. The number of fused-ring (bicyclic) bond motifs is 2. The zero-order valence-corrected chi connectivity index (χ0v) is 17.2. The predicted molar refractivity (Wildman–Crippen MR) is 105 cm³/mol. The zero-order valence-electron chi connectivity index (χ0n) is 17.2. The van der Waals surface area contributed by atoms with Gasteiger partial charge in [0, 0.05) is 25.7 Å². The number of carbonyl (C=O) groups is 2. The van der Waals surface area contributed by atoms with E-state index in [4.69, 9.17) is 4.42 Å². The topological polar surface area (TPSA) is 80.5 Å². The predicted octanol–water partition coefficient (Wildman–Crippen LogP) is 0.0406. The second-order valence-corrected chi connectivity index (χ2v) is 9.27. The molecule has 2 amide bonds. The monoisotopic (exact) mass is 402 g/mol. The maximum atomic E-state index is 13.6. The quantitative estimate of drug-likeness (QED) is 0.715. The van der Waals surface area contributed by atoms with Gasteiger partial charge in [-0.05, 0) is 58.5 Å². The minimum Gasteiger partial charge on any atom is -0.464 e. The van der Waals surface area contributed by atoms with Crippen molar-refractivity contribution in [1.29, 1.82) is 0 Å². The van der Waals surface area contributed by atoms with Crippen LogP contribution < -0.4 is 0 Å². The molecule has 29 heavy (non-hydrogen) atoms. The van der Waals surface area contributed by atoms with Crippen LogP contribution >= 0.6 is 0 Å². The summed E-state index contributed by atoms with van der Waals surface area (Å²) in [5.74, 6) is 1.05. The number of hydrogen-bond acceptors (Lipinski definition) is 7. The first-order valence-corrected chi connectivity index (χ1v) is 10.7. The van der Waals surface area contributed by atoms with Crippen LogP contribution in [0.5, 0.6) is 0 Å². The van der Waals surface area contributed by atoms with Crippen molar-refractivity contribution in [2.75, 3.05) is 39.8 Å². The van der Waals surface area contributed by atoms with Gasteiger partial charge >= 0.3 is 0 Å². The van der Waals surface area contributed by atoms with Crippen molar-refractivity contribution < 1.29 is 19.1 Å². The van der Waals surface area contributed by atoms with E-state index in [-0.39, 0.29) is 18.4 Å². The van der Waals surface area contributed by atoms with Crippen LogP contribution in [-0.2, 0) is 16.1 Å². The lowest BCUT2D eigenvalue weighted by molar-refractivity contribution is -0.184. The molecule has 1 N–H and O–H groups in total. The summed E-state index contributed by atoms with van der Waals surface area (Å²) in [7, 11) is 2.15. The number of likely N-dealkylation sites (tertiary alicyclic amines) is 2. The Balaban J connectivity index is 1.38. The number of piperidine rings is 1. The van der Waals surface area contributed by atoms with Crippen molar-refractivity contribution in [2.45, 2.75) is 56.5 Å². The molecule has 5 rings (SSSR count). The Kier molecular flexibility index (Phi) is 4.58. The van der Waals surface area contributed by atoms with E-state index >= 15 is 0 Å². The van der Waals surface area contributed by atoms with Gasteiger partial charge in [0.2, 0.25) is 5.91 Å². The maximum Gasteiger partial charge on any atom is 0.252 e. The number of amides is 2. The Morgan fingerprint density at radius 1 is 1.21 bits per heavy atom. The Hall–Kier alpha value is -1.74. The van der Waals surface area contributed by atoms with Crippen molar-refractivity contribution in [2.24, 2.45) is 0 Å². The summed E-state index contributed by atoms with van der Waals surface area (Å²) >= 11 is 0. The van der Waals surface area contributed by atoms with Gasteiger partial charge in [-0.25, -0.2) is 0 Å². The molecule has 0 aromatic carbocycles. The zero-order chi connectivity index (χ0) is 20.3. The fourth-order valence-corrected chi connectivity index (χ4v) is 5.61. The summed E-state index contributed by atoms with van der Waals surface area (Å²) in [5.41, 5.74) is -0.693. The third-order valence-electron chi connectivity index (χ3n) is 7.27. The SMILES string of the molecule is Cc1ccc(CN2C(=O)C3CC(O)CN3C3(CN(C4CCN(C)CC4)C3)C2=O)o1. The molecule has 2 unspecified atom stereocenters. The van der Waals surface area contributed by atoms with Gasteiger partial charge in [-0.15, -0.1) is 0 Å². The first-order chi connectivity index (χ1) is 13.9. The highest BCUT2D eigenvalue weighted by Gasteiger charge is 2.64. The van der Waals surface area contributed by atoms with E-state index in [1.165, 1.54) is 4.90 Å². The number of nitrogens with zero attached hydrogens (tertiary/aromatic N) is 4. The summed E-state index contributed by atoms with van der Waals surface area (Å²) in [5, 5.41) is 10.3. The van der Waals surface area contributed by atoms with Gasteiger partial charge in [0.05, 0.1) is 18.7 Å². The molecule has 1 aromatic rings. The Morgan fingerprint density at radius 2 is 1.93 bits per heavy atom. The fraction of sp³-hybridized carbons (Fsp3) is 0.714. The number of aliphatic hydroxyl groups is 1. The Morgan fingerprint density at radius 3 is 2.59 bits per heavy atom. The molecule has 8 nitrogen and oxygen atoms in total. The second kappa shape index (κ2) is 6.91. The van der Waals surface area contributed by atoms with E-state index in [2.05, 4.69) is 16.8 Å². The molecule has 0 aliphatic carbocycles. The molecule has 0 radical (unpaired) electrons.